The number of rotatable bonds is 3. The van der Waals surface area contributed by atoms with Crippen LogP contribution >= 0.6 is 11.6 Å². The molecular formula is C41H65ClN2O9. The first kappa shape index (κ1) is 53.2. The van der Waals surface area contributed by atoms with Crippen LogP contribution in [-0.2, 0) is 38.3 Å². The molecule has 0 aromatic heterocycles. The summed E-state index contributed by atoms with van der Waals surface area (Å²) in [7, 11) is 0. The number of allylic oxidation sites excluding steroid dienone is 3. The molecule has 0 atom stereocenters. The number of ether oxygens (including phenoxy) is 1. The zero-order valence-corrected chi connectivity index (χ0v) is 35.4. The fraction of sp³-hybridized carbons (Fsp3) is 0.585. The SMILES string of the molecule is CC(C)(C)/C=C/C(=O)N1CCC=CC1=O.CC(C)(C)/C=C/C(=O)O.CC(C)(C)/C=C/C(=O)OC(=O)C(C)(C)C.CC(C)(C)C(=O)Cl.O=C1C=CCCN1. The summed E-state index contributed by atoms with van der Waals surface area (Å²) in [5.74, 6) is -2.41. The third-order valence-electron chi connectivity index (χ3n) is 5.76. The van der Waals surface area contributed by atoms with Gasteiger partial charge in [0.15, 0.2) is 0 Å². The van der Waals surface area contributed by atoms with Gasteiger partial charge in [0.25, 0.3) is 11.8 Å². The molecule has 2 rings (SSSR count). The fourth-order valence-electron chi connectivity index (χ4n) is 2.66. The molecule has 2 aliphatic heterocycles. The van der Waals surface area contributed by atoms with E-state index in [1.165, 1.54) is 29.2 Å². The minimum absolute atomic E-state index is 0.0294. The van der Waals surface area contributed by atoms with Gasteiger partial charge in [-0.1, -0.05) is 113 Å². The smallest absolute Gasteiger partial charge is 0.338 e. The number of hydrogen-bond acceptors (Lipinski definition) is 8. The van der Waals surface area contributed by atoms with Crippen molar-refractivity contribution in [1.29, 1.82) is 0 Å². The first-order chi connectivity index (χ1) is 23.7. The maximum absolute atomic E-state index is 11.6. The molecular weight excluding hydrogens is 700 g/mol. The number of amides is 3. The summed E-state index contributed by atoms with van der Waals surface area (Å²) in [4.78, 5) is 77.2. The summed E-state index contributed by atoms with van der Waals surface area (Å²) in [6.07, 6.45) is 17.5. The number of carbonyl (C=O) groups is 7. The van der Waals surface area contributed by atoms with Gasteiger partial charge in [-0.25, -0.2) is 9.59 Å². The average Bonchev–Trinajstić information content (AvgIpc) is 2.98. The number of hydrogen-bond donors (Lipinski definition) is 2. The Morgan fingerprint density at radius 3 is 1.43 bits per heavy atom. The van der Waals surface area contributed by atoms with E-state index >= 15 is 0 Å². The lowest BCUT2D eigenvalue weighted by atomic mass is 9.96. The van der Waals surface area contributed by atoms with Gasteiger partial charge in [-0.15, -0.1) is 0 Å². The van der Waals surface area contributed by atoms with Gasteiger partial charge in [0.1, 0.15) is 0 Å². The number of esters is 2. The predicted molar refractivity (Wildman–Crippen MR) is 212 cm³/mol. The maximum atomic E-state index is 11.6. The number of carbonyl (C=O) groups excluding carboxylic acids is 6. The van der Waals surface area contributed by atoms with E-state index in [2.05, 4.69) is 10.1 Å². The predicted octanol–water partition coefficient (Wildman–Crippen LogP) is 8.14. The lowest BCUT2D eigenvalue weighted by Crippen LogP contribution is -2.37. The molecule has 0 bridgehead atoms. The molecule has 0 saturated carbocycles. The van der Waals surface area contributed by atoms with Crippen LogP contribution in [0.4, 0.5) is 0 Å². The highest BCUT2D eigenvalue weighted by molar-refractivity contribution is 6.64. The molecule has 0 radical (unpaired) electrons. The Morgan fingerprint density at radius 1 is 0.698 bits per heavy atom. The summed E-state index contributed by atoms with van der Waals surface area (Å²) < 4.78 is 4.65. The second-order valence-electron chi connectivity index (χ2n) is 17.4. The van der Waals surface area contributed by atoms with Crippen LogP contribution in [0.15, 0.2) is 60.8 Å². The number of imide groups is 1. The molecule has 3 amide bonds. The van der Waals surface area contributed by atoms with Crippen molar-refractivity contribution in [2.45, 2.75) is 117 Å². The molecule has 0 unspecified atom stereocenters. The molecule has 0 fully saturated rings. The summed E-state index contributed by atoms with van der Waals surface area (Å²) >= 11 is 5.11. The van der Waals surface area contributed by atoms with Crippen molar-refractivity contribution >= 4 is 52.5 Å². The van der Waals surface area contributed by atoms with Crippen LogP contribution in [0.2, 0.25) is 0 Å². The lowest BCUT2D eigenvalue weighted by Gasteiger charge is -2.20. The van der Waals surface area contributed by atoms with Gasteiger partial charge in [-0.05, 0) is 73.6 Å². The van der Waals surface area contributed by atoms with E-state index in [-0.39, 0.29) is 44.6 Å². The van der Waals surface area contributed by atoms with Gasteiger partial charge in [-0.2, -0.15) is 0 Å². The van der Waals surface area contributed by atoms with Crippen LogP contribution in [0.3, 0.4) is 0 Å². The van der Waals surface area contributed by atoms with E-state index in [1.54, 1.807) is 65.8 Å². The molecule has 12 heteroatoms. The largest absolute Gasteiger partial charge is 0.478 e. The number of aliphatic carboxylic acids is 1. The average molecular weight is 765 g/mol. The number of nitrogens with one attached hydrogen (secondary N) is 1. The molecule has 0 aliphatic carbocycles. The summed E-state index contributed by atoms with van der Waals surface area (Å²) in [5, 5.41) is 10.6. The molecule has 300 valence electrons. The van der Waals surface area contributed by atoms with Gasteiger partial charge in [-0.3, -0.25) is 28.9 Å². The third kappa shape index (κ3) is 36.0. The number of halogens is 1. The molecule has 0 aromatic carbocycles. The highest BCUT2D eigenvalue weighted by atomic mass is 35.5. The molecule has 53 heavy (non-hydrogen) atoms. The van der Waals surface area contributed by atoms with Crippen molar-refractivity contribution in [2.24, 2.45) is 27.1 Å². The van der Waals surface area contributed by atoms with E-state index in [1.807, 2.05) is 74.5 Å². The monoisotopic (exact) mass is 764 g/mol. The zero-order chi connectivity index (χ0) is 42.4. The van der Waals surface area contributed by atoms with Crippen LogP contribution in [0.1, 0.15) is 117 Å². The summed E-state index contributed by atoms with van der Waals surface area (Å²) in [6, 6.07) is 0. The minimum atomic E-state index is -0.884. The number of carboxylic acids is 1. The van der Waals surface area contributed by atoms with Crippen molar-refractivity contribution < 1.29 is 43.4 Å². The van der Waals surface area contributed by atoms with E-state index in [0.29, 0.717) is 6.54 Å². The van der Waals surface area contributed by atoms with Gasteiger partial charge < -0.3 is 15.2 Å². The van der Waals surface area contributed by atoms with Crippen LogP contribution in [0.25, 0.3) is 0 Å². The summed E-state index contributed by atoms with van der Waals surface area (Å²) in [6.45, 7) is 29.5. The van der Waals surface area contributed by atoms with Crippen molar-refractivity contribution in [3.05, 3.63) is 60.8 Å². The first-order valence-electron chi connectivity index (χ1n) is 17.4. The zero-order valence-electron chi connectivity index (χ0n) is 34.6. The van der Waals surface area contributed by atoms with Crippen molar-refractivity contribution in [3.63, 3.8) is 0 Å². The highest BCUT2D eigenvalue weighted by Gasteiger charge is 2.25. The second-order valence-corrected chi connectivity index (χ2v) is 17.8. The van der Waals surface area contributed by atoms with E-state index < -0.39 is 23.3 Å². The number of nitrogens with zero attached hydrogens (tertiary/aromatic N) is 1. The highest BCUT2D eigenvalue weighted by Crippen LogP contribution is 2.18. The van der Waals surface area contributed by atoms with E-state index in [9.17, 15) is 33.6 Å². The lowest BCUT2D eigenvalue weighted by molar-refractivity contribution is -0.162. The molecule has 0 spiro atoms. The Hall–Kier alpha value is -4.12. The minimum Gasteiger partial charge on any atom is -0.478 e. The normalized spacial score (nSPS) is 14.8. The molecule has 0 aromatic rings. The van der Waals surface area contributed by atoms with Gasteiger partial charge in [0, 0.05) is 36.7 Å². The molecule has 2 aliphatic rings. The molecule has 2 N–H and O–H groups in total. The Labute approximate surface area is 323 Å². The molecule has 0 saturated heterocycles. The van der Waals surface area contributed by atoms with Gasteiger partial charge in [0.2, 0.25) is 11.1 Å². The standard InChI is InChI=1S/C12H17NO2.C12H20O3.C7H12O2.C5H9ClO.C5H7NO/c1-12(2,3)8-7-11(15)13-9-5-4-6-10(13)14;1-11(2,3)8-7-9(13)15-10(14)12(4,5)6;1-7(2,3)5-4-6(8)9;1-5(2,3)4(6)7;7-5-3-1-2-4-6-5/h4,6-8H,5,9H2,1-3H3;7-8H,1-6H3;4-5H,1-3H3,(H,8,9);1-3H3;1,3H,2,4H2,(H,6,7)/b2*8-7+;5-4+;;. The topological polar surface area (TPSA) is 164 Å². The van der Waals surface area contributed by atoms with Crippen LogP contribution in [0.5, 0.6) is 0 Å². The van der Waals surface area contributed by atoms with Crippen molar-refractivity contribution in [3.8, 4) is 0 Å². The quantitative estimate of drug-likeness (QED) is 0.125. The van der Waals surface area contributed by atoms with Crippen LogP contribution in [0, 0.1) is 27.1 Å². The van der Waals surface area contributed by atoms with Crippen LogP contribution < -0.4 is 5.32 Å². The Morgan fingerprint density at radius 2 is 1.13 bits per heavy atom. The van der Waals surface area contributed by atoms with E-state index in [4.69, 9.17) is 16.7 Å². The fourth-order valence-corrected chi connectivity index (χ4v) is 2.66. The Kier molecular flexibility index (Phi) is 24.4. The molecule has 2 heterocycles. The van der Waals surface area contributed by atoms with Crippen LogP contribution in [-0.4, -0.2) is 64.0 Å². The Balaban J connectivity index is -0.000000614. The maximum Gasteiger partial charge on any atom is 0.338 e. The van der Waals surface area contributed by atoms with Gasteiger partial charge in [0.05, 0.1) is 5.41 Å². The van der Waals surface area contributed by atoms with Crippen molar-refractivity contribution in [2.75, 3.05) is 13.1 Å². The van der Waals surface area contributed by atoms with Gasteiger partial charge >= 0.3 is 17.9 Å². The summed E-state index contributed by atoms with van der Waals surface area (Å²) in [5.41, 5.74) is -1.18. The third-order valence-corrected chi connectivity index (χ3v) is 6.32. The molecule has 11 nitrogen and oxygen atoms in total. The van der Waals surface area contributed by atoms with E-state index in [0.717, 1.165) is 19.4 Å². The second kappa shape index (κ2) is 24.2. The van der Waals surface area contributed by atoms with Crippen molar-refractivity contribution in [1.82, 2.24) is 10.2 Å². The first-order valence-corrected chi connectivity index (χ1v) is 17.8. The Bertz CT molecular complexity index is 1380. The number of carboxylic acid groups (broad SMARTS) is 1.